The summed E-state index contributed by atoms with van der Waals surface area (Å²) in [5, 5.41) is 16.1. The summed E-state index contributed by atoms with van der Waals surface area (Å²) in [6.07, 6.45) is 2.57. The van der Waals surface area contributed by atoms with Crippen molar-refractivity contribution in [2.75, 3.05) is 12.3 Å². The molecule has 1 fully saturated rings. The van der Waals surface area contributed by atoms with E-state index in [1.165, 1.54) is 18.7 Å². The van der Waals surface area contributed by atoms with Gasteiger partial charge in [0, 0.05) is 55.3 Å². The van der Waals surface area contributed by atoms with E-state index in [1.807, 2.05) is 115 Å². The fraction of sp³-hybridized carbons (Fsp3) is 0.271. The molecule has 0 aliphatic carbocycles. The number of aliphatic hydroxyl groups excluding tert-OH is 1. The highest BCUT2D eigenvalue weighted by molar-refractivity contribution is 7.99. The lowest BCUT2D eigenvalue weighted by atomic mass is 9.97. The Morgan fingerprint density at radius 2 is 1.43 bits per heavy atom. The number of rotatable bonds is 17. The van der Waals surface area contributed by atoms with E-state index in [9.17, 15) is 14.7 Å². The van der Waals surface area contributed by atoms with E-state index >= 15 is 0 Å². The molecular weight excluding hydrogens is 747 g/mol. The van der Waals surface area contributed by atoms with Gasteiger partial charge in [-0.2, -0.15) is 0 Å². The normalized spacial score (nSPS) is 16.5. The van der Waals surface area contributed by atoms with E-state index < -0.39 is 6.29 Å². The molecule has 10 heteroatoms. The van der Waals surface area contributed by atoms with Crippen molar-refractivity contribution in [2.24, 2.45) is 0 Å². The van der Waals surface area contributed by atoms with Crippen LogP contribution >= 0.6 is 11.8 Å². The number of thioether (sulfide) groups is 1. The third kappa shape index (κ3) is 10.9. The highest BCUT2D eigenvalue weighted by atomic mass is 32.2. The fourth-order valence-electron chi connectivity index (χ4n) is 7.04. The van der Waals surface area contributed by atoms with E-state index in [-0.39, 0.29) is 30.6 Å². The van der Waals surface area contributed by atoms with Gasteiger partial charge in [0.1, 0.15) is 5.69 Å². The molecule has 6 aromatic rings. The molecule has 58 heavy (non-hydrogen) atoms. The number of nitrogens with zero attached hydrogens (tertiary/aromatic N) is 1. The summed E-state index contributed by atoms with van der Waals surface area (Å²) < 4.78 is 19.8. The highest BCUT2D eigenvalue weighted by Crippen LogP contribution is 2.41. The maximum Gasteiger partial charge on any atom is 0.256 e. The van der Waals surface area contributed by atoms with Crippen LogP contribution in [0.1, 0.15) is 73.7 Å². The SMILES string of the molecule is CC(=O)NCCCCCC(=O)NCc1ccccc1-c1ccc([C@H]2O[C@@H](CSc3nc(-c4ccccc4)c(-c4ccccc4)o3)C[C@@H](c3ccc(CO)cc3)O2)cc1. The largest absolute Gasteiger partial charge is 0.431 e. The standard InChI is InChI=1S/C48H49N3O6S/c1-33(53)49-28-12-4-9-19-44(54)50-30-40-17-10-11-18-42(40)35-24-26-39(27-25-35)47-55-41(29-43(56-47)36-22-20-34(31-52)21-23-36)32-58-48-51-45(37-13-5-2-6-14-37)46(57-48)38-15-7-3-8-16-38/h2-3,5-8,10-11,13-18,20-27,41,43,47,52H,4,9,12,19,28-32H2,1H3,(H,49,53)(H,50,54)/t41-,43+,47+/m1/s1. The van der Waals surface area contributed by atoms with Gasteiger partial charge in [-0.25, -0.2) is 4.98 Å². The molecule has 0 radical (unpaired) electrons. The first-order chi connectivity index (χ1) is 28.4. The highest BCUT2D eigenvalue weighted by Gasteiger charge is 2.33. The molecule has 3 N–H and O–H groups in total. The molecule has 1 saturated heterocycles. The zero-order chi connectivity index (χ0) is 40.1. The molecule has 7 rings (SSSR count). The summed E-state index contributed by atoms with van der Waals surface area (Å²) in [6, 6.07) is 44.4. The lowest BCUT2D eigenvalue weighted by molar-refractivity contribution is -0.245. The molecule has 3 atom stereocenters. The summed E-state index contributed by atoms with van der Waals surface area (Å²) in [7, 11) is 0. The summed E-state index contributed by atoms with van der Waals surface area (Å²) in [4.78, 5) is 28.7. The number of benzene rings is 5. The van der Waals surface area contributed by atoms with Gasteiger partial charge >= 0.3 is 0 Å². The van der Waals surface area contributed by atoms with Gasteiger partial charge in [0.25, 0.3) is 5.22 Å². The zero-order valence-corrected chi connectivity index (χ0v) is 33.5. The number of carbonyl (C=O) groups excluding carboxylic acids is 2. The second-order valence-corrected chi connectivity index (χ2v) is 15.4. The van der Waals surface area contributed by atoms with Gasteiger partial charge in [-0.15, -0.1) is 0 Å². The van der Waals surface area contributed by atoms with E-state index in [4.69, 9.17) is 18.9 Å². The van der Waals surface area contributed by atoms with E-state index in [0.29, 0.717) is 36.9 Å². The fourth-order valence-corrected chi connectivity index (χ4v) is 7.88. The van der Waals surface area contributed by atoms with Gasteiger partial charge in [-0.1, -0.05) is 152 Å². The van der Waals surface area contributed by atoms with Crippen molar-refractivity contribution in [1.29, 1.82) is 0 Å². The number of carbonyl (C=O) groups is 2. The molecule has 0 spiro atoms. The van der Waals surface area contributed by atoms with Crippen LogP contribution in [-0.4, -0.2) is 40.3 Å². The van der Waals surface area contributed by atoms with Crippen LogP contribution in [0, 0.1) is 0 Å². The number of aliphatic hydroxyl groups is 1. The van der Waals surface area contributed by atoms with Crippen LogP contribution < -0.4 is 10.6 Å². The van der Waals surface area contributed by atoms with Crippen LogP contribution in [0.15, 0.2) is 143 Å². The molecule has 9 nitrogen and oxygen atoms in total. The zero-order valence-electron chi connectivity index (χ0n) is 32.6. The van der Waals surface area contributed by atoms with Gasteiger partial charge in [-0.05, 0) is 40.7 Å². The number of aromatic nitrogens is 1. The Morgan fingerprint density at radius 3 is 2.16 bits per heavy atom. The predicted octanol–water partition coefficient (Wildman–Crippen LogP) is 9.82. The molecule has 1 aromatic heterocycles. The Kier molecular flexibility index (Phi) is 14.2. The summed E-state index contributed by atoms with van der Waals surface area (Å²) >= 11 is 1.53. The minimum atomic E-state index is -0.618. The topological polar surface area (TPSA) is 123 Å². The van der Waals surface area contributed by atoms with Crippen LogP contribution in [-0.2, 0) is 32.2 Å². The van der Waals surface area contributed by atoms with Crippen LogP contribution in [0.4, 0.5) is 0 Å². The predicted molar refractivity (Wildman–Crippen MR) is 227 cm³/mol. The summed E-state index contributed by atoms with van der Waals surface area (Å²) in [5.41, 5.74) is 8.62. The van der Waals surface area contributed by atoms with Crippen molar-refractivity contribution < 1.29 is 28.6 Å². The molecule has 2 heterocycles. The maximum atomic E-state index is 12.6. The number of oxazole rings is 1. The molecule has 1 aliphatic heterocycles. The van der Waals surface area contributed by atoms with Crippen LogP contribution in [0.5, 0.6) is 0 Å². The number of hydrogen-bond donors (Lipinski definition) is 3. The molecule has 0 unspecified atom stereocenters. The monoisotopic (exact) mass is 795 g/mol. The van der Waals surface area contributed by atoms with Gasteiger partial charge < -0.3 is 29.6 Å². The second kappa shape index (κ2) is 20.3. The lowest BCUT2D eigenvalue weighted by Crippen LogP contribution is -2.31. The van der Waals surface area contributed by atoms with Crippen molar-refractivity contribution in [3.8, 4) is 33.7 Å². The Labute approximate surface area is 344 Å². The first-order valence-corrected chi connectivity index (χ1v) is 20.9. The van der Waals surface area contributed by atoms with Gasteiger partial charge in [0.05, 0.1) is 18.8 Å². The average molecular weight is 796 g/mol. The Bertz CT molecular complexity index is 2170. The molecule has 5 aromatic carbocycles. The molecule has 298 valence electrons. The van der Waals surface area contributed by atoms with Gasteiger partial charge in [0.2, 0.25) is 11.8 Å². The number of unbranched alkanes of at least 4 members (excludes halogenated alkanes) is 2. The number of nitrogens with one attached hydrogen (secondary N) is 2. The maximum absolute atomic E-state index is 12.6. The van der Waals surface area contributed by atoms with Gasteiger partial charge in [-0.3, -0.25) is 9.59 Å². The van der Waals surface area contributed by atoms with Crippen molar-refractivity contribution in [1.82, 2.24) is 15.6 Å². The quantitative estimate of drug-likeness (QED) is 0.0616. The molecule has 0 bridgehead atoms. The number of hydrogen-bond acceptors (Lipinski definition) is 8. The molecule has 1 aliphatic rings. The number of amides is 2. The molecular formula is C48H49N3O6S. The average Bonchev–Trinajstić information content (AvgIpc) is 3.71. The third-order valence-corrected chi connectivity index (χ3v) is 11.1. The smallest absolute Gasteiger partial charge is 0.256 e. The van der Waals surface area contributed by atoms with Crippen LogP contribution in [0.25, 0.3) is 33.7 Å². The molecule has 0 saturated carbocycles. The molecule has 2 amide bonds. The van der Waals surface area contributed by atoms with E-state index in [2.05, 4.69) is 28.8 Å². The lowest BCUT2D eigenvalue weighted by Gasteiger charge is -2.36. The van der Waals surface area contributed by atoms with E-state index in [0.717, 1.165) is 75.2 Å². The number of ether oxygens (including phenoxy) is 2. The Morgan fingerprint density at radius 1 is 0.741 bits per heavy atom. The first kappa shape index (κ1) is 40.7. The first-order valence-electron chi connectivity index (χ1n) is 19.9. The third-order valence-electron chi connectivity index (χ3n) is 10.1. The van der Waals surface area contributed by atoms with Crippen molar-refractivity contribution >= 4 is 23.6 Å². The van der Waals surface area contributed by atoms with Gasteiger partial charge in [0.15, 0.2) is 12.1 Å². The summed E-state index contributed by atoms with van der Waals surface area (Å²) in [6.45, 7) is 2.55. The van der Waals surface area contributed by atoms with Crippen molar-refractivity contribution in [3.05, 3.63) is 156 Å². The Balaban J connectivity index is 1.04. The van der Waals surface area contributed by atoms with Crippen LogP contribution in [0.2, 0.25) is 0 Å². The minimum Gasteiger partial charge on any atom is -0.431 e. The van der Waals surface area contributed by atoms with Crippen LogP contribution in [0.3, 0.4) is 0 Å². The van der Waals surface area contributed by atoms with E-state index in [1.54, 1.807) is 0 Å². The minimum absolute atomic E-state index is 0.0145. The van der Waals surface area contributed by atoms with Crippen molar-refractivity contribution in [2.45, 2.75) is 75.9 Å². The van der Waals surface area contributed by atoms with Crippen molar-refractivity contribution in [3.63, 3.8) is 0 Å². The summed E-state index contributed by atoms with van der Waals surface area (Å²) in [5.74, 6) is 1.32. The second-order valence-electron chi connectivity index (χ2n) is 14.4. The Hall–Kier alpha value is -5.52.